The highest BCUT2D eigenvalue weighted by Crippen LogP contribution is 2.40. The Morgan fingerprint density at radius 3 is 2.37 bits per heavy atom. The van der Waals surface area contributed by atoms with Gasteiger partial charge in [-0.2, -0.15) is 0 Å². The summed E-state index contributed by atoms with van der Waals surface area (Å²) in [4.78, 5) is 27.6. The normalized spacial score (nSPS) is 17.0. The minimum absolute atomic E-state index is 0.0209. The van der Waals surface area contributed by atoms with Crippen molar-refractivity contribution >= 4 is 17.4 Å². The second-order valence-corrected chi connectivity index (χ2v) is 8.16. The minimum atomic E-state index is -0.799. The highest BCUT2D eigenvalue weighted by molar-refractivity contribution is 6.46. The average Bonchev–Trinajstić information content (AvgIpc) is 3.12. The Morgan fingerprint density at radius 2 is 1.69 bits per heavy atom. The zero-order valence-electron chi connectivity index (χ0n) is 19.9. The molecule has 0 aliphatic carbocycles. The van der Waals surface area contributed by atoms with Crippen molar-refractivity contribution in [2.45, 2.75) is 13.0 Å². The van der Waals surface area contributed by atoms with Crippen LogP contribution in [0.1, 0.15) is 22.7 Å². The van der Waals surface area contributed by atoms with Gasteiger partial charge in [-0.05, 0) is 60.5 Å². The number of aliphatic hydroxyl groups excluding tert-OH is 1. The molecule has 0 unspecified atom stereocenters. The first-order valence-electron chi connectivity index (χ1n) is 11.2. The Morgan fingerprint density at radius 1 is 0.943 bits per heavy atom. The molecule has 7 heteroatoms. The summed E-state index contributed by atoms with van der Waals surface area (Å²) >= 11 is 0. The van der Waals surface area contributed by atoms with Gasteiger partial charge in [0.2, 0.25) is 0 Å². The predicted octanol–water partition coefficient (Wildman–Crippen LogP) is 4.86. The lowest BCUT2D eigenvalue weighted by atomic mass is 9.94. The van der Waals surface area contributed by atoms with Gasteiger partial charge in [0.05, 0.1) is 25.3 Å². The van der Waals surface area contributed by atoms with Crippen molar-refractivity contribution in [3.63, 3.8) is 0 Å². The van der Waals surface area contributed by atoms with Gasteiger partial charge in [-0.3, -0.25) is 9.59 Å². The molecule has 3 aromatic carbocycles. The molecule has 1 saturated heterocycles. The van der Waals surface area contributed by atoms with Crippen LogP contribution in [0, 0.1) is 6.92 Å². The first kappa shape index (κ1) is 24.0. The molecule has 0 spiro atoms. The van der Waals surface area contributed by atoms with Crippen molar-refractivity contribution in [1.82, 2.24) is 4.90 Å². The number of methoxy groups -OCH3 is 2. The topological polar surface area (TPSA) is 85.3 Å². The SMILES string of the molecule is COCCN1C(=O)C(=O)/C(=C(/O)c2ccc(OC)c(C)c2)[C@@H]1c1cccc(Oc2ccccc2)c1. The number of para-hydroxylation sites is 1. The second kappa shape index (κ2) is 10.4. The van der Waals surface area contributed by atoms with Crippen LogP contribution in [0.2, 0.25) is 0 Å². The fraction of sp³-hybridized carbons (Fsp3) is 0.214. The number of rotatable bonds is 8. The van der Waals surface area contributed by atoms with Gasteiger partial charge in [0, 0.05) is 19.2 Å². The first-order valence-corrected chi connectivity index (χ1v) is 11.2. The average molecular weight is 474 g/mol. The number of aliphatic hydroxyl groups is 1. The summed E-state index contributed by atoms with van der Waals surface area (Å²) in [6.45, 7) is 2.27. The van der Waals surface area contributed by atoms with Crippen LogP contribution in [-0.4, -0.2) is 49.1 Å². The van der Waals surface area contributed by atoms with E-state index in [-0.39, 0.29) is 24.5 Å². The van der Waals surface area contributed by atoms with E-state index in [1.165, 1.54) is 12.0 Å². The smallest absolute Gasteiger partial charge is 0.295 e. The summed E-state index contributed by atoms with van der Waals surface area (Å²) in [5.41, 5.74) is 1.88. The standard InChI is InChI=1S/C28H27NO6/c1-18-16-20(12-13-23(18)34-3)26(30)24-25(29(14-15-33-2)28(32)27(24)31)19-8-7-11-22(17-19)35-21-9-5-4-6-10-21/h4-13,16-17,25,30H,14-15H2,1-3H3/b26-24+/t25-/m0/s1. The zero-order chi connectivity index (χ0) is 24.9. The van der Waals surface area contributed by atoms with Crippen molar-refractivity contribution in [3.05, 3.63) is 95.1 Å². The maximum atomic E-state index is 13.2. The Balaban J connectivity index is 1.81. The molecule has 0 bridgehead atoms. The Bertz CT molecular complexity index is 1270. The number of carbonyl (C=O) groups excluding carboxylic acids is 2. The van der Waals surface area contributed by atoms with Crippen LogP contribution in [0.25, 0.3) is 5.76 Å². The molecule has 1 heterocycles. The van der Waals surface area contributed by atoms with E-state index in [9.17, 15) is 14.7 Å². The van der Waals surface area contributed by atoms with E-state index in [0.29, 0.717) is 28.4 Å². The molecule has 180 valence electrons. The van der Waals surface area contributed by atoms with Gasteiger partial charge < -0.3 is 24.2 Å². The minimum Gasteiger partial charge on any atom is -0.507 e. The van der Waals surface area contributed by atoms with Crippen molar-refractivity contribution in [1.29, 1.82) is 0 Å². The predicted molar refractivity (Wildman–Crippen MR) is 132 cm³/mol. The number of likely N-dealkylation sites (tertiary alicyclic amines) is 1. The number of amides is 1. The molecule has 0 radical (unpaired) electrons. The molecule has 1 amide bonds. The van der Waals surface area contributed by atoms with Gasteiger partial charge >= 0.3 is 0 Å². The van der Waals surface area contributed by atoms with Crippen LogP contribution in [0.5, 0.6) is 17.2 Å². The van der Waals surface area contributed by atoms with Gasteiger partial charge in [-0.1, -0.05) is 30.3 Å². The molecule has 1 N–H and O–H groups in total. The molecule has 1 atom stereocenters. The van der Waals surface area contributed by atoms with Crippen molar-refractivity contribution in [3.8, 4) is 17.2 Å². The summed E-state index contributed by atoms with van der Waals surface area (Å²) in [6, 6.07) is 20.8. The van der Waals surface area contributed by atoms with Gasteiger partial charge in [-0.25, -0.2) is 0 Å². The number of ketones is 1. The molecule has 3 aromatic rings. The van der Waals surface area contributed by atoms with E-state index >= 15 is 0 Å². The molecule has 0 aromatic heterocycles. The molecule has 35 heavy (non-hydrogen) atoms. The maximum Gasteiger partial charge on any atom is 0.295 e. The number of carbonyl (C=O) groups is 2. The van der Waals surface area contributed by atoms with Crippen LogP contribution in [0.4, 0.5) is 0 Å². The highest BCUT2D eigenvalue weighted by atomic mass is 16.5. The third-order valence-electron chi connectivity index (χ3n) is 5.90. The Kier molecular flexibility index (Phi) is 7.17. The number of Topliss-reactive ketones (excluding diaryl/α,β-unsaturated/α-hetero) is 1. The lowest BCUT2D eigenvalue weighted by Gasteiger charge is -2.25. The van der Waals surface area contributed by atoms with E-state index in [0.717, 1.165) is 5.56 Å². The molecule has 1 aliphatic rings. The largest absolute Gasteiger partial charge is 0.507 e. The molecular formula is C28H27NO6. The molecule has 7 nitrogen and oxygen atoms in total. The van der Waals surface area contributed by atoms with Crippen LogP contribution >= 0.6 is 0 Å². The molecule has 4 rings (SSSR count). The van der Waals surface area contributed by atoms with Gasteiger partial charge in [0.25, 0.3) is 11.7 Å². The van der Waals surface area contributed by atoms with Crippen LogP contribution in [0.3, 0.4) is 0 Å². The van der Waals surface area contributed by atoms with Crippen LogP contribution in [-0.2, 0) is 14.3 Å². The summed E-state index contributed by atoms with van der Waals surface area (Å²) in [7, 11) is 3.09. The number of ether oxygens (including phenoxy) is 3. The van der Waals surface area contributed by atoms with Gasteiger partial charge in [0.1, 0.15) is 23.0 Å². The zero-order valence-corrected chi connectivity index (χ0v) is 19.9. The first-order chi connectivity index (χ1) is 16.9. The lowest BCUT2D eigenvalue weighted by Crippen LogP contribution is -2.32. The summed E-state index contributed by atoms with van der Waals surface area (Å²) < 4.78 is 16.4. The summed E-state index contributed by atoms with van der Waals surface area (Å²) in [5, 5.41) is 11.3. The molecular weight excluding hydrogens is 446 g/mol. The van der Waals surface area contributed by atoms with Crippen molar-refractivity contribution in [2.75, 3.05) is 27.4 Å². The van der Waals surface area contributed by atoms with Crippen molar-refractivity contribution < 1.29 is 28.9 Å². The fourth-order valence-corrected chi connectivity index (χ4v) is 4.20. The fourth-order valence-electron chi connectivity index (χ4n) is 4.20. The van der Waals surface area contributed by atoms with E-state index in [1.54, 1.807) is 49.6 Å². The molecule has 1 aliphatic heterocycles. The van der Waals surface area contributed by atoms with E-state index in [4.69, 9.17) is 14.2 Å². The summed E-state index contributed by atoms with van der Waals surface area (Å²) in [6.07, 6.45) is 0. The van der Waals surface area contributed by atoms with Crippen LogP contribution in [0.15, 0.2) is 78.4 Å². The van der Waals surface area contributed by atoms with E-state index in [1.807, 2.05) is 37.3 Å². The third-order valence-corrected chi connectivity index (χ3v) is 5.90. The number of benzene rings is 3. The molecule has 0 saturated carbocycles. The number of nitrogens with zero attached hydrogens (tertiary/aromatic N) is 1. The quantitative estimate of drug-likeness (QED) is 0.286. The number of hydrogen-bond acceptors (Lipinski definition) is 6. The third kappa shape index (κ3) is 4.90. The summed E-state index contributed by atoms with van der Waals surface area (Å²) in [5.74, 6) is 0.190. The Labute approximate surface area is 204 Å². The molecule has 1 fully saturated rings. The highest BCUT2D eigenvalue weighted by Gasteiger charge is 2.46. The van der Waals surface area contributed by atoms with Crippen molar-refractivity contribution in [2.24, 2.45) is 0 Å². The second-order valence-electron chi connectivity index (χ2n) is 8.16. The monoisotopic (exact) mass is 473 g/mol. The number of aryl methyl sites for hydroxylation is 1. The van der Waals surface area contributed by atoms with E-state index < -0.39 is 17.7 Å². The van der Waals surface area contributed by atoms with E-state index in [2.05, 4.69) is 0 Å². The number of hydrogen-bond donors (Lipinski definition) is 1. The van der Waals surface area contributed by atoms with Crippen LogP contribution < -0.4 is 9.47 Å². The van der Waals surface area contributed by atoms with Gasteiger partial charge in [0.15, 0.2) is 0 Å². The lowest BCUT2D eigenvalue weighted by molar-refractivity contribution is -0.140. The Hall–Kier alpha value is -4.10. The maximum absolute atomic E-state index is 13.2. The van der Waals surface area contributed by atoms with Gasteiger partial charge in [-0.15, -0.1) is 0 Å².